The molecule has 1 aliphatic carbocycles. The van der Waals surface area contributed by atoms with E-state index in [0.29, 0.717) is 12.8 Å². The summed E-state index contributed by atoms with van der Waals surface area (Å²) in [5, 5.41) is 9.52. The molecule has 1 N–H and O–H groups in total. The number of carboxylic acid groups (broad SMARTS) is 1. The number of aliphatic carboxylic acids is 1. The Bertz CT molecular complexity index is 409. The summed E-state index contributed by atoms with van der Waals surface area (Å²) in [7, 11) is -3.24. The van der Waals surface area contributed by atoms with Gasteiger partial charge in [0.2, 0.25) is 0 Å². The van der Waals surface area contributed by atoms with E-state index in [0.717, 1.165) is 25.7 Å². The van der Waals surface area contributed by atoms with Crippen molar-refractivity contribution >= 4 is 15.8 Å². The Morgan fingerprint density at radius 3 is 1.95 bits per heavy atom. The van der Waals surface area contributed by atoms with Crippen LogP contribution in [0, 0.1) is 5.41 Å². The minimum Gasteiger partial charge on any atom is -0.481 e. The molecule has 1 aliphatic rings. The van der Waals surface area contributed by atoms with Crippen molar-refractivity contribution in [2.45, 2.75) is 70.5 Å². The maximum atomic E-state index is 12.2. The van der Waals surface area contributed by atoms with E-state index in [1.807, 2.05) is 0 Å². The molecule has 0 spiro atoms. The SMILES string of the molecule is CC(C)(C)S(=O)(=O)CCC1(C(=O)O)CCCCCC1. The molecule has 1 fully saturated rings. The van der Waals surface area contributed by atoms with Crippen LogP contribution in [0.1, 0.15) is 65.7 Å². The largest absolute Gasteiger partial charge is 0.481 e. The van der Waals surface area contributed by atoms with Gasteiger partial charge in [0.1, 0.15) is 0 Å². The number of sulfone groups is 1. The predicted molar refractivity (Wildman–Crippen MR) is 75.9 cm³/mol. The smallest absolute Gasteiger partial charge is 0.309 e. The van der Waals surface area contributed by atoms with Gasteiger partial charge in [-0.2, -0.15) is 0 Å². The lowest BCUT2D eigenvalue weighted by Gasteiger charge is -2.29. The highest BCUT2D eigenvalue weighted by molar-refractivity contribution is 7.92. The van der Waals surface area contributed by atoms with E-state index < -0.39 is 26.0 Å². The third-order valence-corrected chi connectivity index (χ3v) is 6.90. The number of hydrogen-bond donors (Lipinski definition) is 1. The fraction of sp³-hybridized carbons (Fsp3) is 0.929. The Hall–Kier alpha value is -0.580. The third-order valence-electron chi connectivity index (χ3n) is 4.30. The molecule has 0 saturated heterocycles. The highest BCUT2D eigenvalue weighted by Gasteiger charge is 2.41. The van der Waals surface area contributed by atoms with Crippen LogP contribution >= 0.6 is 0 Å². The fourth-order valence-corrected chi connectivity index (χ4v) is 3.88. The number of rotatable bonds is 4. The summed E-state index contributed by atoms with van der Waals surface area (Å²) in [6.07, 6.45) is 5.37. The monoisotopic (exact) mass is 290 g/mol. The van der Waals surface area contributed by atoms with Gasteiger partial charge in [0.05, 0.1) is 15.9 Å². The Morgan fingerprint density at radius 2 is 1.58 bits per heavy atom. The van der Waals surface area contributed by atoms with Crippen molar-refractivity contribution in [2.24, 2.45) is 5.41 Å². The molecule has 19 heavy (non-hydrogen) atoms. The van der Waals surface area contributed by atoms with E-state index in [1.54, 1.807) is 20.8 Å². The Morgan fingerprint density at radius 1 is 1.11 bits per heavy atom. The Balaban J connectivity index is 2.83. The molecule has 1 saturated carbocycles. The summed E-state index contributed by atoms with van der Waals surface area (Å²) in [5.74, 6) is -0.846. The molecule has 112 valence electrons. The van der Waals surface area contributed by atoms with Crippen molar-refractivity contribution in [3.8, 4) is 0 Å². The molecule has 0 bridgehead atoms. The van der Waals surface area contributed by atoms with Crippen LogP contribution < -0.4 is 0 Å². The maximum Gasteiger partial charge on any atom is 0.309 e. The van der Waals surface area contributed by atoms with Crippen molar-refractivity contribution in [1.82, 2.24) is 0 Å². The first kappa shape index (κ1) is 16.5. The average Bonchev–Trinajstić information content (AvgIpc) is 2.51. The van der Waals surface area contributed by atoms with Gasteiger partial charge in [-0.15, -0.1) is 0 Å². The van der Waals surface area contributed by atoms with E-state index in [9.17, 15) is 18.3 Å². The molecule has 0 aromatic heterocycles. The molecule has 0 aromatic carbocycles. The Kier molecular flexibility index (Phi) is 5.04. The van der Waals surface area contributed by atoms with Gasteiger partial charge in [-0.25, -0.2) is 8.42 Å². The van der Waals surface area contributed by atoms with Gasteiger partial charge in [0, 0.05) is 0 Å². The molecule has 5 heteroatoms. The van der Waals surface area contributed by atoms with Gasteiger partial charge in [-0.1, -0.05) is 25.7 Å². The summed E-state index contributed by atoms with van der Waals surface area (Å²) >= 11 is 0. The topological polar surface area (TPSA) is 71.4 Å². The highest BCUT2D eigenvalue weighted by Crippen LogP contribution is 2.39. The molecule has 0 heterocycles. The lowest BCUT2D eigenvalue weighted by atomic mass is 9.78. The highest BCUT2D eigenvalue weighted by atomic mass is 32.2. The summed E-state index contributed by atoms with van der Waals surface area (Å²) in [6.45, 7) is 5.01. The van der Waals surface area contributed by atoms with Crippen molar-refractivity contribution in [2.75, 3.05) is 5.75 Å². The van der Waals surface area contributed by atoms with E-state index in [1.165, 1.54) is 0 Å². The minimum absolute atomic E-state index is 0.0250. The van der Waals surface area contributed by atoms with Crippen LogP contribution in [-0.2, 0) is 14.6 Å². The fourth-order valence-electron chi connectivity index (χ4n) is 2.61. The van der Waals surface area contributed by atoms with E-state index in [2.05, 4.69) is 0 Å². The standard InChI is InChI=1S/C14H26O4S/c1-13(2,3)19(17,18)11-10-14(12(15)16)8-6-4-5-7-9-14/h4-11H2,1-3H3,(H,15,16). The van der Waals surface area contributed by atoms with Gasteiger partial charge < -0.3 is 5.11 Å². The van der Waals surface area contributed by atoms with Crippen LogP contribution in [-0.4, -0.2) is 30.0 Å². The van der Waals surface area contributed by atoms with Gasteiger partial charge >= 0.3 is 5.97 Å². The zero-order valence-electron chi connectivity index (χ0n) is 12.2. The van der Waals surface area contributed by atoms with Crippen LogP contribution in [0.2, 0.25) is 0 Å². The molecule has 0 aromatic rings. The zero-order valence-corrected chi connectivity index (χ0v) is 13.1. The lowest BCUT2D eigenvalue weighted by Crippen LogP contribution is -2.37. The normalized spacial score (nSPS) is 20.8. The molecule has 0 unspecified atom stereocenters. The molecule has 0 radical (unpaired) electrons. The second-order valence-electron chi connectivity index (χ2n) is 6.68. The second kappa shape index (κ2) is 5.81. The van der Waals surface area contributed by atoms with Gasteiger partial charge in [-0.3, -0.25) is 4.79 Å². The second-order valence-corrected chi connectivity index (χ2v) is 9.54. The lowest BCUT2D eigenvalue weighted by molar-refractivity contribution is -0.150. The average molecular weight is 290 g/mol. The van der Waals surface area contributed by atoms with Crippen LogP contribution in [0.15, 0.2) is 0 Å². The molecule has 4 nitrogen and oxygen atoms in total. The molecule has 0 atom stereocenters. The van der Waals surface area contributed by atoms with Gasteiger partial charge in [-0.05, 0) is 40.0 Å². The quantitative estimate of drug-likeness (QED) is 0.808. The van der Waals surface area contributed by atoms with Gasteiger partial charge in [0.25, 0.3) is 0 Å². The van der Waals surface area contributed by atoms with Crippen molar-refractivity contribution in [3.05, 3.63) is 0 Å². The molecular weight excluding hydrogens is 264 g/mol. The molecule has 1 rings (SSSR count). The van der Waals surface area contributed by atoms with Crippen LogP contribution in [0.4, 0.5) is 0 Å². The predicted octanol–water partition coefficient (Wildman–Crippen LogP) is 3.02. The van der Waals surface area contributed by atoms with Crippen molar-refractivity contribution < 1.29 is 18.3 Å². The Labute approximate surface area is 116 Å². The van der Waals surface area contributed by atoms with E-state index in [-0.39, 0.29) is 12.2 Å². The van der Waals surface area contributed by atoms with Crippen LogP contribution in [0.5, 0.6) is 0 Å². The first-order valence-electron chi connectivity index (χ1n) is 7.06. The first-order chi connectivity index (χ1) is 8.61. The third kappa shape index (κ3) is 3.94. The van der Waals surface area contributed by atoms with Gasteiger partial charge in [0.15, 0.2) is 9.84 Å². The van der Waals surface area contributed by atoms with E-state index >= 15 is 0 Å². The number of carbonyl (C=O) groups is 1. The minimum atomic E-state index is -3.24. The maximum absolute atomic E-state index is 12.2. The number of hydrogen-bond acceptors (Lipinski definition) is 3. The van der Waals surface area contributed by atoms with E-state index in [4.69, 9.17) is 0 Å². The number of carboxylic acids is 1. The molecule has 0 aliphatic heterocycles. The van der Waals surface area contributed by atoms with Crippen LogP contribution in [0.3, 0.4) is 0 Å². The van der Waals surface area contributed by atoms with Crippen molar-refractivity contribution in [1.29, 1.82) is 0 Å². The molecule has 0 amide bonds. The summed E-state index contributed by atoms with van der Waals surface area (Å²) < 4.78 is 23.5. The zero-order chi connectivity index (χ0) is 14.7. The summed E-state index contributed by atoms with van der Waals surface area (Å²) in [6, 6.07) is 0. The van der Waals surface area contributed by atoms with Crippen LogP contribution in [0.25, 0.3) is 0 Å². The van der Waals surface area contributed by atoms with Crippen molar-refractivity contribution in [3.63, 3.8) is 0 Å². The summed E-state index contributed by atoms with van der Waals surface area (Å²) in [4.78, 5) is 11.6. The molecular formula is C14H26O4S. The first-order valence-corrected chi connectivity index (χ1v) is 8.72. The summed E-state index contributed by atoms with van der Waals surface area (Å²) in [5.41, 5.74) is -0.825.